The average Bonchev–Trinajstić information content (AvgIpc) is 2.42. The number of halogens is 2. The van der Waals surface area contributed by atoms with Crippen molar-refractivity contribution < 1.29 is 13.9 Å². The van der Waals surface area contributed by atoms with Gasteiger partial charge >= 0.3 is 0 Å². The van der Waals surface area contributed by atoms with E-state index in [1.165, 1.54) is 18.2 Å². The number of nitrogen functional groups attached to an aromatic ring is 1. The zero-order valence-corrected chi connectivity index (χ0v) is 12.1. The van der Waals surface area contributed by atoms with Gasteiger partial charge in [0.25, 0.3) is 5.91 Å². The summed E-state index contributed by atoms with van der Waals surface area (Å²) in [6.07, 6.45) is 0. The first-order valence-corrected chi connectivity index (χ1v) is 6.57. The number of anilines is 2. The number of nitrogens with one attached hydrogen (secondary N) is 1. The smallest absolute Gasteiger partial charge is 0.262 e. The molecule has 0 spiro atoms. The molecule has 0 saturated carbocycles. The Kier molecular flexibility index (Phi) is 4.65. The number of nitrogens with two attached hydrogens (primary N) is 1. The molecule has 0 aliphatic rings. The zero-order chi connectivity index (χ0) is 15.4. The number of carbonyl (C=O) groups excluding carboxylic acids is 1. The predicted molar refractivity (Wildman–Crippen MR) is 81.1 cm³/mol. The molecule has 0 radical (unpaired) electrons. The Labute approximate surface area is 126 Å². The van der Waals surface area contributed by atoms with Crippen LogP contribution in [0.1, 0.15) is 5.56 Å². The molecule has 4 nitrogen and oxygen atoms in total. The SMILES string of the molecule is Cc1cc(N)ccc1OCC(=O)Nc1ccc(F)c(Cl)c1. The van der Waals surface area contributed by atoms with Crippen molar-refractivity contribution in [2.45, 2.75) is 6.92 Å². The van der Waals surface area contributed by atoms with Crippen LogP contribution in [0.5, 0.6) is 5.75 Å². The van der Waals surface area contributed by atoms with Crippen LogP contribution in [-0.4, -0.2) is 12.5 Å². The van der Waals surface area contributed by atoms with Gasteiger partial charge in [-0.1, -0.05) is 11.6 Å². The predicted octanol–water partition coefficient (Wildman–Crippen LogP) is 3.39. The summed E-state index contributed by atoms with van der Waals surface area (Å²) in [6, 6.07) is 9.10. The van der Waals surface area contributed by atoms with Crippen molar-refractivity contribution in [1.82, 2.24) is 0 Å². The number of carbonyl (C=O) groups is 1. The first-order valence-electron chi connectivity index (χ1n) is 6.19. The molecular weight excluding hydrogens is 295 g/mol. The van der Waals surface area contributed by atoms with E-state index in [1.807, 2.05) is 6.92 Å². The maximum atomic E-state index is 13.0. The molecule has 0 atom stereocenters. The van der Waals surface area contributed by atoms with Crippen molar-refractivity contribution >= 4 is 28.9 Å². The molecule has 0 aromatic heterocycles. The quantitative estimate of drug-likeness (QED) is 0.851. The highest BCUT2D eigenvalue weighted by atomic mass is 35.5. The lowest BCUT2D eigenvalue weighted by molar-refractivity contribution is -0.118. The molecule has 0 heterocycles. The van der Waals surface area contributed by atoms with Crippen molar-refractivity contribution in [2.24, 2.45) is 0 Å². The number of rotatable bonds is 4. The molecular formula is C15H14ClFN2O2. The standard InChI is InChI=1S/C15H14ClFN2O2/c1-9-6-10(18)2-5-14(9)21-8-15(20)19-11-3-4-13(17)12(16)7-11/h2-7H,8,18H2,1H3,(H,19,20). The van der Waals surface area contributed by atoms with Crippen LogP contribution in [0.15, 0.2) is 36.4 Å². The maximum absolute atomic E-state index is 13.0. The number of aryl methyl sites for hydroxylation is 1. The van der Waals surface area contributed by atoms with Crippen LogP contribution >= 0.6 is 11.6 Å². The summed E-state index contributed by atoms with van der Waals surface area (Å²) in [5.41, 5.74) is 7.51. The molecule has 0 fully saturated rings. The highest BCUT2D eigenvalue weighted by Gasteiger charge is 2.07. The van der Waals surface area contributed by atoms with Gasteiger partial charge in [0.1, 0.15) is 11.6 Å². The minimum Gasteiger partial charge on any atom is -0.483 e. The number of ether oxygens (including phenoxy) is 1. The summed E-state index contributed by atoms with van der Waals surface area (Å²) in [6.45, 7) is 1.67. The number of amides is 1. The highest BCUT2D eigenvalue weighted by molar-refractivity contribution is 6.31. The second-order valence-electron chi connectivity index (χ2n) is 4.49. The van der Waals surface area contributed by atoms with E-state index >= 15 is 0 Å². The van der Waals surface area contributed by atoms with Gasteiger partial charge in [0.15, 0.2) is 6.61 Å². The van der Waals surface area contributed by atoms with Gasteiger partial charge in [0.05, 0.1) is 5.02 Å². The van der Waals surface area contributed by atoms with Crippen LogP contribution < -0.4 is 15.8 Å². The summed E-state index contributed by atoms with van der Waals surface area (Å²) in [4.78, 5) is 11.8. The number of benzene rings is 2. The van der Waals surface area contributed by atoms with Crippen LogP contribution in [-0.2, 0) is 4.79 Å². The monoisotopic (exact) mass is 308 g/mol. The minimum atomic E-state index is -0.539. The lowest BCUT2D eigenvalue weighted by Gasteiger charge is -2.10. The number of hydrogen-bond acceptors (Lipinski definition) is 3. The summed E-state index contributed by atoms with van der Waals surface area (Å²) in [5, 5.41) is 2.52. The Bertz CT molecular complexity index is 677. The van der Waals surface area contributed by atoms with E-state index < -0.39 is 5.82 Å². The van der Waals surface area contributed by atoms with E-state index in [4.69, 9.17) is 22.1 Å². The molecule has 0 bridgehead atoms. The van der Waals surface area contributed by atoms with Gasteiger partial charge in [-0.25, -0.2) is 4.39 Å². The topological polar surface area (TPSA) is 64.3 Å². The first kappa shape index (κ1) is 15.1. The molecule has 0 saturated heterocycles. The molecule has 6 heteroatoms. The molecule has 110 valence electrons. The fourth-order valence-electron chi connectivity index (χ4n) is 1.75. The fraction of sp³-hybridized carbons (Fsp3) is 0.133. The van der Waals surface area contributed by atoms with Gasteiger partial charge in [-0.05, 0) is 48.9 Å². The molecule has 2 aromatic carbocycles. The first-order chi connectivity index (χ1) is 9.95. The summed E-state index contributed by atoms with van der Waals surface area (Å²) >= 11 is 5.64. The van der Waals surface area contributed by atoms with E-state index in [0.29, 0.717) is 17.1 Å². The summed E-state index contributed by atoms with van der Waals surface area (Å²) < 4.78 is 18.4. The Morgan fingerprint density at radius 3 is 2.76 bits per heavy atom. The van der Waals surface area contributed by atoms with Crippen molar-refractivity contribution in [3.8, 4) is 5.75 Å². The van der Waals surface area contributed by atoms with Crippen LogP contribution in [0.4, 0.5) is 15.8 Å². The molecule has 0 aliphatic heterocycles. The third-order valence-corrected chi connectivity index (χ3v) is 3.05. The van der Waals surface area contributed by atoms with Gasteiger partial charge in [0, 0.05) is 11.4 Å². The third-order valence-electron chi connectivity index (χ3n) is 2.76. The van der Waals surface area contributed by atoms with Gasteiger partial charge in [0.2, 0.25) is 0 Å². The highest BCUT2D eigenvalue weighted by Crippen LogP contribution is 2.21. The minimum absolute atomic E-state index is 0.0527. The second kappa shape index (κ2) is 6.45. The normalized spacial score (nSPS) is 10.2. The summed E-state index contributed by atoms with van der Waals surface area (Å²) in [7, 11) is 0. The molecule has 1 amide bonds. The van der Waals surface area contributed by atoms with E-state index in [-0.39, 0.29) is 17.5 Å². The van der Waals surface area contributed by atoms with Crippen LogP contribution in [0.2, 0.25) is 5.02 Å². The van der Waals surface area contributed by atoms with Crippen LogP contribution in [0.25, 0.3) is 0 Å². The van der Waals surface area contributed by atoms with E-state index in [1.54, 1.807) is 18.2 Å². The van der Waals surface area contributed by atoms with Crippen molar-refractivity contribution in [3.63, 3.8) is 0 Å². The zero-order valence-electron chi connectivity index (χ0n) is 11.3. The Hall–Kier alpha value is -2.27. The van der Waals surface area contributed by atoms with Gasteiger partial charge in [-0.2, -0.15) is 0 Å². The number of hydrogen-bond donors (Lipinski definition) is 2. The van der Waals surface area contributed by atoms with Gasteiger partial charge in [-0.15, -0.1) is 0 Å². The van der Waals surface area contributed by atoms with E-state index in [2.05, 4.69) is 5.32 Å². The largest absolute Gasteiger partial charge is 0.483 e. The Morgan fingerprint density at radius 1 is 1.33 bits per heavy atom. The Balaban J connectivity index is 1.94. The van der Waals surface area contributed by atoms with Crippen molar-refractivity contribution in [1.29, 1.82) is 0 Å². The molecule has 3 N–H and O–H groups in total. The molecule has 2 aromatic rings. The summed E-state index contributed by atoms with van der Waals surface area (Å²) in [5.74, 6) is -0.325. The Morgan fingerprint density at radius 2 is 2.10 bits per heavy atom. The molecule has 21 heavy (non-hydrogen) atoms. The van der Waals surface area contributed by atoms with Crippen LogP contribution in [0, 0.1) is 12.7 Å². The maximum Gasteiger partial charge on any atom is 0.262 e. The van der Waals surface area contributed by atoms with E-state index in [0.717, 1.165) is 5.56 Å². The molecule has 2 rings (SSSR count). The third kappa shape index (κ3) is 4.10. The van der Waals surface area contributed by atoms with Crippen molar-refractivity contribution in [2.75, 3.05) is 17.7 Å². The second-order valence-corrected chi connectivity index (χ2v) is 4.90. The van der Waals surface area contributed by atoms with E-state index in [9.17, 15) is 9.18 Å². The van der Waals surface area contributed by atoms with Crippen LogP contribution in [0.3, 0.4) is 0 Å². The van der Waals surface area contributed by atoms with Crippen molar-refractivity contribution in [3.05, 3.63) is 52.8 Å². The van der Waals surface area contributed by atoms with Gasteiger partial charge < -0.3 is 15.8 Å². The molecule has 0 aliphatic carbocycles. The van der Waals surface area contributed by atoms with Gasteiger partial charge in [-0.3, -0.25) is 4.79 Å². The lowest BCUT2D eigenvalue weighted by Crippen LogP contribution is -2.20. The lowest BCUT2D eigenvalue weighted by atomic mass is 10.2. The molecule has 0 unspecified atom stereocenters. The fourth-order valence-corrected chi connectivity index (χ4v) is 1.93. The average molecular weight is 309 g/mol.